The molecule has 1 heterocycles. The molecule has 1 amide bonds. The minimum absolute atomic E-state index is 0.00140. The minimum atomic E-state index is -3.34. The van der Waals surface area contributed by atoms with Gasteiger partial charge in [0.2, 0.25) is 0 Å². The van der Waals surface area contributed by atoms with Gasteiger partial charge in [0.25, 0.3) is 0 Å². The van der Waals surface area contributed by atoms with Crippen molar-refractivity contribution in [1.82, 2.24) is 4.90 Å². The van der Waals surface area contributed by atoms with Crippen LogP contribution in [0.1, 0.15) is 52.5 Å². The van der Waals surface area contributed by atoms with Gasteiger partial charge >= 0.3 is 6.09 Å². The van der Waals surface area contributed by atoms with Crippen LogP contribution in [0.2, 0.25) is 0 Å². The number of likely N-dealkylation sites (tertiary alicyclic amines) is 1. The van der Waals surface area contributed by atoms with E-state index in [9.17, 15) is 17.6 Å². The molecule has 3 rings (SSSR count). The molecule has 0 N–H and O–H groups in total. The van der Waals surface area contributed by atoms with Crippen molar-refractivity contribution in [1.29, 1.82) is 0 Å². The van der Waals surface area contributed by atoms with Gasteiger partial charge in [0, 0.05) is 13.1 Å². The third-order valence-corrected chi connectivity index (χ3v) is 8.32. The van der Waals surface area contributed by atoms with Crippen LogP contribution in [-0.2, 0) is 21.0 Å². The Morgan fingerprint density at radius 2 is 1.77 bits per heavy atom. The lowest BCUT2D eigenvalue weighted by atomic mass is 9.90. The predicted molar refractivity (Wildman–Crippen MR) is 137 cm³/mol. The van der Waals surface area contributed by atoms with Crippen LogP contribution in [-0.4, -0.2) is 43.9 Å². The normalized spacial score (nSPS) is 15.2. The van der Waals surface area contributed by atoms with E-state index in [2.05, 4.69) is 15.9 Å². The minimum Gasteiger partial charge on any atom is -0.453 e. The van der Waals surface area contributed by atoms with Gasteiger partial charge < -0.3 is 14.4 Å². The number of sulfone groups is 1. The molecule has 0 aromatic heterocycles. The topological polar surface area (TPSA) is 72.9 Å². The maximum atomic E-state index is 14.7. The number of carbonyl (C=O) groups is 1. The van der Waals surface area contributed by atoms with Crippen LogP contribution in [0, 0.1) is 11.7 Å². The molecule has 9 heteroatoms. The number of halogens is 2. The van der Waals surface area contributed by atoms with Gasteiger partial charge in [-0.25, -0.2) is 17.6 Å². The molecule has 2 aromatic rings. The van der Waals surface area contributed by atoms with Crippen LogP contribution in [0.5, 0.6) is 11.5 Å². The first-order valence-electron chi connectivity index (χ1n) is 11.8. The van der Waals surface area contributed by atoms with Crippen LogP contribution < -0.4 is 4.74 Å². The van der Waals surface area contributed by atoms with E-state index in [1.807, 2.05) is 26.8 Å². The molecule has 0 bridgehead atoms. The summed E-state index contributed by atoms with van der Waals surface area (Å²) < 4.78 is 50.4. The molecule has 2 aromatic carbocycles. The summed E-state index contributed by atoms with van der Waals surface area (Å²) in [5.41, 5.74) is 0.385. The van der Waals surface area contributed by atoms with Gasteiger partial charge in [-0.05, 0) is 104 Å². The first-order chi connectivity index (χ1) is 16.4. The number of nitrogens with zero attached hydrogens (tertiary/aromatic N) is 1. The highest BCUT2D eigenvalue weighted by Crippen LogP contribution is 2.34. The number of carbonyl (C=O) groups excluding carboxylic acids is 1. The highest BCUT2D eigenvalue weighted by Gasteiger charge is 2.26. The molecular weight excluding hydrogens is 537 g/mol. The Hall–Kier alpha value is -2.13. The van der Waals surface area contributed by atoms with Crippen LogP contribution in [0.4, 0.5) is 9.18 Å². The monoisotopic (exact) mass is 569 g/mol. The van der Waals surface area contributed by atoms with Crippen molar-refractivity contribution in [2.24, 2.45) is 5.92 Å². The van der Waals surface area contributed by atoms with Crippen molar-refractivity contribution in [3.05, 3.63) is 52.3 Å². The molecule has 1 saturated heterocycles. The van der Waals surface area contributed by atoms with Gasteiger partial charge in [-0.2, -0.15) is 0 Å². The van der Waals surface area contributed by atoms with Gasteiger partial charge in [0.05, 0.1) is 15.1 Å². The van der Waals surface area contributed by atoms with E-state index in [1.165, 1.54) is 24.3 Å². The van der Waals surface area contributed by atoms with Crippen molar-refractivity contribution in [3.63, 3.8) is 0 Å². The number of amides is 1. The van der Waals surface area contributed by atoms with Crippen LogP contribution in [0.3, 0.4) is 0 Å². The SMILES string of the molecule is CCS(=O)(=O)c1ccc(Oc2ccc(CCC3CCN(C(=O)OC(C)(C)C)CC3)cc2F)c(Br)c1. The molecule has 192 valence electrons. The summed E-state index contributed by atoms with van der Waals surface area (Å²) in [6, 6.07) is 9.36. The van der Waals surface area contributed by atoms with Gasteiger partial charge in [-0.1, -0.05) is 13.0 Å². The zero-order chi connectivity index (χ0) is 25.8. The average molecular weight is 571 g/mol. The van der Waals surface area contributed by atoms with E-state index in [1.54, 1.807) is 17.9 Å². The van der Waals surface area contributed by atoms with Crippen molar-refractivity contribution < 1.29 is 27.1 Å². The predicted octanol–water partition coefficient (Wildman–Crippen LogP) is 6.75. The molecule has 1 aliphatic heterocycles. The fourth-order valence-electron chi connectivity index (χ4n) is 3.93. The lowest BCUT2D eigenvalue weighted by molar-refractivity contribution is 0.0181. The molecule has 0 radical (unpaired) electrons. The van der Waals surface area contributed by atoms with E-state index in [0.29, 0.717) is 29.2 Å². The summed E-state index contributed by atoms with van der Waals surface area (Å²) in [5.74, 6) is 0.411. The first kappa shape index (κ1) is 27.5. The van der Waals surface area contributed by atoms with Crippen LogP contribution in [0.15, 0.2) is 45.8 Å². The van der Waals surface area contributed by atoms with E-state index in [4.69, 9.17) is 9.47 Å². The largest absolute Gasteiger partial charge is 0.453 e. The molecule has 1 fully saturated rings. The van der Waals surface area contributed by atoms with Crippen LogP contribution >= 0.6 is 15.9 Å². The zero-order valence-corrected chi connectivity index (χ0v) is 23.0. The van der Waals surface area contributed by atoms with Gasteiger partial charge in [-0.3, -0.25) is 0 Å². The standard InChI is InChI=1S/C26H33BrFNO5S/c1-5-35(31,32)20-9-11-23(21(27)17-20)33-24-10-8-19(16-22(24)28)7-6-18-12-14-29(15-13-18)25(30)34-26(2,3)4/h8-11,16-18H,5-7,12-15H2,1-4H3. The molecular formula is C26H33BrFNO5S. The number of hydrogen-bond donors (Lipinski definition) is 0. The number of aryl methyl sites for hydroxylation is 1. The average Bonchev–Trinajstić information content (AvgIpc) is 2.79. The summed E-state index contributed by atoms with van der Waals surface area (Å²) in [5, 5.41) is 0. The molecule has 1 aliphatic rings. The molecule has 35 heavy (non-hydrogen) atoms. The number of piperidine rings is 1. The highest BCUT2D eigenvalue weighted by atomic mass is 79.9. The Morgan fingerprint density at radius 1 is 1.11 bits per heavy atom. The third-order valence-electron chi connectivity index (χ3n) is 5.97. The van der Waals surface area contributed by atoms with Gasteiger partial charge in [-0.15, -0.1) is 0 Å². The highest BCUT2D eigenvalue weighted by molar-refractivity contribution is 9.10. The van der Waals surface area contributed by atoms with Crippen molar-refractivity contribution in [2.45, 2.75) is 63.9 Å². The van der Waals surface area contributed by atoms with Crippen molar-refractivity contribution >= 4 is 31.9 Å². The molecule has 0 aliphatic carbocycles. The Balaban J connectivity index is 1.54. The van der Waals surface area contributed by atoms with Crippen LogP contribution in [0.25, 0.3) is 0 Å². The summed E-state index contributed by atoms with van der Waals surface area (Å²) in [4.78, 5) is 14.2. The second-order valence-corrected chi connectivity index (χ2v) is 12.9. The van der Waals surface area contributed by atoms with Gasteiger partial charge in [0.1, 0.15) is 11.4 Å². The summed E-state index contributed by atoms with van der Waals surface area (Å²) >= 11 is 3.32. The van der Waals surface area contributed by atoms with Crippen molar-refractivity contribution in [3.8, 4) is 11.5 Å². The second-order valence-electron chi connectivity index (χ2n) is 9.81. The van der Waals surface area contributed by atoms with E-state index in [-0.39, 0.29) is 22.5 Å². The smallest absolute Gasteiger partial charge is 0.410 e. The Labute approximate surface area is 215 Å². The molecule has 0 spiro atoms. The molecule has 0 saturated carbocycles. The maximum absolute atomic E-state index is 14.7. The summed E-state index contributed by atoms with van der Waals surface area (Å²) in [6.07, 6.45) is 3.20. The lowest BCUT2D eigenvalue weighted by Gasteiger charge is -2.33. The Morgan fingerprint density at radius 3 is 2.34 bits per heavy atom. The number of ether oxygens (including phenoxy) is 2. The van der Waals surface area contributed by atoms with E-state index >= 15 is 0 Å². The van der Waals surface area contributed by atoms with Gasteiger partial charge in [0.15, 0.2) is 21.4 Å². The number of benzene rings is 2. The summed E-state index contributed by atoms with van der Waals surface area (Å²) in [7, 11) is -3.34. The zero-order valence-electron chi connectivity index (χ0n) is 20.6. The van der Waals surface area contributed by atoms with E-state index < -0.39 is 21.3 Å². The fourth-order valence-corrected chi connectivity index (χ4v) is 5.44. The Kier molecular flexibility index (Phi) is 8.86. The first-order valence-corrected chi connectivity index (χ1v) is 14.3. The van der Waals surface area contributed by atoms with E-state index in [0.717, 1.165) is 31.2 Å². The summed E-state index contributed by atoms with van der Waals surface area (Å²) in [6.45, 7) is 8.52. The number of hydrogen-bond acceptors (Lipinski definition) is 5. The molecule has 6 nitrogen and oxygen atoms in total. The molecule has 0 atom stereocenters. The quantitative estimate of drug-likeness (QED) is 0.368. The maximum Gasteiger partial charge on any atom is 0.410 e. The third kappa shape index (κ3) is 7.67. The number of rotatable bonds is 7. The Bertz CT molecular complexity index is 1150. The van der Waals surface area contributed by atoms with Crippen molar-refractivity contribution in [2.75, 3.05) is 18.8 Å². The lowest BCUT2D eigenvalue weighted by Crippen LogP contribution is -2.41. The fraction of sp³-hybridized carbons (Fsp3) is 0.500. The molecule has 0 unspecified atom stereocenters. The second kappa shape index (κ2) is 11.3.